The van der Waals surface area contributed by atoms with Crippen LogP contribution in [0.3, 0.4) is 0 Å². The van der Waals surface area contributed by atoms with E-state index in [4.69, 9.17) is 0 Å². The summed E-state index contributed by atoms with van der Waals surface area (Å²) in [5.74, 6) is -0.157. The number of H-pyrrole nitrogens is 1. The maximum atomic E-state index is 12.2. The average molecular weight is 258 g/mol. The number of aromatic amines is 1. The Labute approximate surface area is 109 Å². The Hall–Kier alpha value is -2.34. The van der Waals surface area contributed by atoms with Gasteiger partial charge in [-0.3, -0.25) is 9.89 Å². The molecule has 1 aliphatic heterocycles. The van der Waals surface area contributed by atoms with Gasteiger partial charge in [-0.15, -0.1) is 0 Å². The summed E-state index contributed by atoms with van der Waals surface area (Å²) in [6.45, 7) is 1.54. The van der Waals surface area contributed by atoms with Gasteiger partial charge in [0.15, 0.2) is 5.69 Å². The lowest BCUT2D eigenvalue weighted by Crippen LogP contribution is -2.25. The molecule has 6 heteroatoms. The molecule has 0 radical (unpaired) electrons. The summed E-state index contributed by atoms with van der Waals surface area (Å²) in [6, 6.07) is 6.44. The number of carbonyl (C=O) groups is 1. The number of hydrogen-bond acceptors (Lipinski definition) is 4. The fraction of sp³-hybridized carbons (Fsp3) is 0.231. The lowest BCUT2D eigenvalue weighted by atomic mass is 10.1. The van der Waals surface area contributed by atoms with E-state index in [0.29, 0.717) is 17.9 Å². The molecular formula is C13H14N4O2. The molecule has 2 heterocycles. The van der Waals surface area contributed by atoms with Crippen molar-refractivity contribution >= 4 is 11.6 Å². The van der Waals surface area contributed by atoms with Crippen LogP contribution in [0, 0.1) is 0 Å². The molecule has 6 nitrogen and oxygen atoms in total. The monoisotopic (exact) mass is 258 g/mol. The summed E-state index contributed by atoms with van der Waals surface area (Å²) < 4.78 is 0. The highest BCUT2D eigenvalue weighted by Gasteiger charge is 2.21. The lowest BCUT2D eigenvalue weighted by molar-refractivity contribution is 0.102. The molecule has 1 amide bonds. The molecule has 0 aliphatic carbocycles. The van der Waals surface area contributed by atoms with E-state index in [1.165, 1.54) is 6.07 Å². The van der Waals surface area contributed by atoms with Gasteiger partial charge in [-0.25, -0.2) is 0 Å². The zero-order chi connectivity index (χ0) is 13.2. The number of aromatic hydroxyl groups is 1. The van der Waals surface area contributed by atoms with Crippen molar-refractivity contribution in [2.75, 3.05) is 11.9 Å². The highest BCUT2D eigenvalue weighted by Crippen LogP contribution is 2.19. The fourth-order valence-corrected chi connectivity index (χ4v) is 2.19. The van der Waals surface area contributed by atoms with Crippen molar-refractivity contribution in [3.8, 4) is 5.75 Å². The van der Waals surface area contributed by atoms with Crippen LogP contribution in [0.25, 0.3) is 0 Å². The van der Waals surface area contributed by atoms with E-state index in [1.807, 2.05) is 0 Å². The molecule has 0 fully saturated rings. The Morgan fingerprint density at radius 1 is 1.42 bits per heavy atom. The number of hydrogen-bond donors (Lipinski definition) is 4. The lowest BCUT2D eigenvalue weighted by Gasteiger charge is -2.12. The Kier molecular flexibility index (Phi) is 2.92. The van der Waals surface area contributed by atoms with Crippen LogP contribution < -0.4 is 10.6 Å². The standard InChI is InChI=1S/C13H14N4O2/c18-9-3-1-2-8(6-9)15-13(19)12-10-7-14-5-4-11(10)16-17-12/h1-3,6,14,18H,4-5,7H2,(H,15,19)(H,16,17). The number of nitrogens with one attached hydrogen (secondary N) is 3. The summed E-state index contributed by atoms with van der Waals surface area (Å²) in [6.07, 6.45) is 0.849. The second kappa shape index (κ2) is 4.74. The molecule has 1 aromatic heterocycles. The number of aromatic nitrogens is 2. The summed E-state index contributed by atoms with van der Waals surface area (Å²) in [5, 5.41) is 22.3. The summed E-state index contributed by atoms with van der Waals surface area (Å²) in [4.78, 5) is 12.2. The van der Waals surface area contributed by atoms with E-state index in [0.717, 1.165) is 24.2 Å². The topological polar surface area (TPSA) is 90.0 Å². The van der Waals surface area contributed by atoms with Crippen molar-refractivity contribution in [2.24, 2.45) is 0 Å². The minimum absolute atomic E-state index is 0.114. The van der Waals surface area contributed by atoms with E-state index in [1.54, 1.807) is 18.2 Å². The number of phenolic OH excluding ortho intramolecular Hbond substituents is 1. The zero-order valence-corrected chi connectivity index (χ0v) is 10.2. The fourth-order valence-electron chi connectivity index (χ4n) is 2.19. The van der Waals surface area contributed by atoms with Gasteiger partial charge in [0.25, 0.3) is 5.91 Å². The van der Waals surface area contributed by atoms with Gasteiger partial charge in [0.2, 0.25) is 0 Å². The Bertz CT molecular complexity index is 621. The minimum Gasteiger partial charge on any atom is -0.508 e. The van der Waals surface area contributed by atoms with Gasteiger partial charge in [-0.2, -0.15) is 5.10 Å². The average Bonchev–Trinajstić information content (AvgIpc) is 2.82. The van der Waals surface area contributed by atoms with Crippen molar-refractivity contribution in [1.82, 2.24) is 15.5 Å². The molecule has 1 aromatic carbocycles. The largest absolute Gasteiger partial charge is 0.508 e. The van der Waals surface area contributed by atoms with E-state index >= 15 is 0 Å². The number of benzene rings is 1. The highest BCUT2D eigenvalue weighted by molar-refractivity contribution is 6.04. The molecule has 0 saturated heterocycles. The molecule has 0 bridgehead atoms. The summed E-state index contributed by atoms with van der Waals surface area (Å²) in [5.41, 5.74) is 2.89. The molecule has 98 valence electrons. The maximum absolute atomic E-state index is 12.2. The van der Waals surface area contributed by atoms with Gasteiger partial charge in [0.05, 0.1) is 0 Å². The van der Waals surface area contributed by atoms with Crippen molar-refractivity contribution in [1.29, 1.82) is 0 Å². The third-order valence-electron chi connectivity index (χ3n) is 3.13. The van der Waals surface area contributed by atoms with Crippen LogP contribution in [0.2, 0.25) is 0 Å². The maximum Gasteiger partial charge on any atom is 0.276 e. The minimum atomic E-state index is -0.271. The number of amides is 1. The number of fused-ring (bicyclic) bond motifs is 1. The van der Waals surface area contributed by atoms with Crippen LogP contribution in [0.5, 0.6) is 5.75 Å². The molecule has 4 N–H and O–H groups in total. The molecule has 0 spiro atoms. The first kappa shape index (κ1) is 11.7. The molecule has 19 heavy (non-hydrogen) atoms. The molecule has 0 unspecified atom stereocenters. The molecule has 0 atom stereocenters. The number of rotatable bonds is 2. The molecule has 0 saturated carbocycles. The van der Waals surface area contributed by atoms with Crippen LogP contribution >= 0.6 is 0 Å². The Morgan fingerprint density at radius 2 is 2.32 bits per heavy atom. The van der Waals surface area contributed by atoms with Crippen LogP contribution in [0.15, 0.2) is 24.3 Å². The van der Waals surface area contributed by atoms with Crippen LogP contribution in [0.4, 0.5) is 5.69 Å². The predicted octanol–water partition coefficient (Wildman–Crippen LogP) is 1.01. The quantitative estimate of drug-likeness (QED) is 0.647. The summed E-state index contributed by atoms with van der Waals surface area (Å²) in [7, 11) is 0. The van der Waals surface area contributed by atoms with Gasteiger partial charge in [-0.1, -0.05) is 6.07 Å². The molecule has 2 aromatic rings. The predicted molar refractivity (Wildman–Crippen MR) is 70.1 cm³/mol. The van der Waals surface area contributed by atoms with Gasteiger partial charge in [-0.05, 0) is 12.1 Å². The smallest absolute Gasteiger partial charge is 0.276 e. The van der Waals surface area contributed by atoms with Crippen molar-refractivity contribution < 1.29 is 9.90 Å². The van der Waals surface area contributed by atoms with Crippen LogP contribution in [-0.4, -0.2) is 27.8 Å². The molecule has 1 aliphatic rings. The SMILES string of the molecule is O=C(Nc1cccc(O)c1)c1n[nH]c2c1CNCC2. The van der Waals surface area contributed by atoms with Crippen molar-refractivity contribution in [3.63, 3.8) is 0 Å². The Balaban J connectivity index is 1.83. The first-order valence-corrected chi connectivity index (χ1v) is 6.11. The second-order valence-electron chi connectivity index (χ2n) is 4.46. The van der Waals surface area contributed by atoms with Gasteiger partial charge < -0.3 is 15.7 Å². The number of carbonyl (C=O) groups excluding carboxylic acids is 1. The first-order chi connectivity index (χ1) is 9.24. The molecule has 3 rings (SSSR count). The zero-order valence-electron chi connectivity index (χ0n) is 10.2. The van der Waals surface area contributed by atoms with E-state index in [2.05, 4.69) is 20.8 Å². The van der Waals surface area contributed by atoms with Crippen molar-refractivity contribution in [2.45, 2.75) is 13.0 Å². The first-order valence-electron chi connectivity index (χ1n) is 6.11. The highest BCUT2D eigenvalue weighted by atomic mass is 16.3. The van der Waals surface area contributed by atoms with Crippen LogP contribution in [-0.2, 0) is 13.0 Å². The van der Waals surface area contributed by atoms with Gasteiger partial charge in [0.1, 0.15) is 5.75 Å². The van der Waals surface area contributed by atoms with E-state index < -0.39 is 0 Å². The van der Waals surface area contributed by atoms with Crippen LogP contribution in [0.1, 0.15) is 21.7 Å². The normalized spacial score (nSPS) is 13.9. The number of anilines is 1. The summed E-state index contributed by atoms with van der Waals surface area (Å²) >= 11 is 0. The number of phenols is 1. The van der Waals surface area contributed by atoms with Gasteiger partial charge >= 0.3 is 0 Å². The van der Waals surface area contributed by atoms with Crippen molar-refractivity contribution in [3.05, 3.63) is 41.2 Å². The Morgan fingerprint density at radius 3 is 3.16 bits per heavy atom. The molecular weight excluding hydrogens is 244 g/mol. The van der Waals surface area contributed by atoms with E-state index in [9.17, 15) is 9.90 Å². The third kappa shape index (κ3) is 2.30. The van der Waals surface area contributed by atoms with E-state index in [-0.39, 0.29) is 11.7 Å². The second-order valence-corrected chi connectivity index (χ2v) is 4.46. The number of nitrogens with zero attached hydrogens (tertiary/aromatic N) is 1. The van der Waals surface area contributed by atoms with Gasteiger partial charge in [0, 0.05) is 42.5 Å². The third-order valence-corrected chi connectivity index (χ3v) is 3.13.